The van der Waals surface area contributed by atoms with Crippen molar-refractivity contribution in [3.05, 3.63) is 47.5 Å². The number of rotatable bonds is 4. The van der Waals surface area contributed by atoms with Crippen LogP contribution in [0.2, 0.25) is 0 Å². The molecule has 108 valence electrons. The third-order valence-corrected chi connectivity index (χ3v) is 2.63. The molecule has 0 spiro atoms. The van der Waals surface area contributed by atoms with E-state index in [4.69, 9.17) is 10.00 Å². The summed E-state index contributed by atoms with van der Waals surface area (Å²) in [6.07, 6.45) is 0.215. The van der Waals surface area contributed by atoms with Gasteiger partial charge in [-0.1, -0.05) is 32.3 Å². The summed E-state index contributed by atoms with van der Waals surface area (Å²) in [5.41, 5.74) is 1.66. The number of nitriles is 1. The van der Waals surface area contributed by atoms with E-state index in [0.29, 0.717) is 23.5 Å². The maximum atomic E-state index is 12.1. The fourth-order valence-electron chi connectivity index (χ4n) is 1.65. The summed E-state index contributed by atoms with van der Waals surface area (Å²) in [5.74, 6) is 5.72. The summed E-state index contributed by atoms with van der Waals surface area (Å²) in [5, 5.41) is 8.74. The van der Waals surface area contributed by atoms with Crippen molar-refractivity contribution in [1.29, 1.82) is 5.26 Å². The van der Waals surface area contributed by atoms with Crippen molar-refractivity contribution < 1.29 is 9.53 Å². The Bertz CT molecular complexity index is 609. The van der Waals surface area contributed by atoms with Gasteiger partial charge in [0.2, 0.25) is 0 Å². The van der Waals surface area contributed by atoms with Crippen LogP contribution in [0.25, 0.3) is 0 Å². The molecule has 3 nitrogen and oxygen atoms in total. The lowest BCUT2D eigenvalue weighted by atomic mass is 10.1. The number of hydrogen-bond acceptors (Lipinski definition) is 3. The van der Waals surface area contributed by atoms with E-state index < -0.39 is 12.1 Å². The molecule has 1 unspecified atom stereocenters. The smallest absolute Gasteiger partial charge is 0.339 e. The van der Waals surface area contributed by atoms with Crippen molar-refractivity contribution in [2.24, 2.45) is 5.92 Å². The number of ether oxygens (including phenoxy) is 1. The van der Waals surface area contributed by atoms with Gasteiger partial charge in [-0.2, -0.15) is 5.26 Å². The van der Waals surface area contributed by atoms with E-state index in [1.54, 1.807) is 24.3 Å². The van der Waals surface area contributed by atoms with Crippen LogP contribution in [0.15, 0.2) is 36.4 Å². The van der Waals surface area contributed by atoms with Gasteiger partial charge in [-0.05, 0) is 49.1 Å². The molecule has 0 bridgehead atoms. The Kier molecular flexibility index (Phi) is 6.24. The second-order valence-electron chi connectivity index (χ2n) is 5.26. The van der Waals surface area contributed by atoms with Crippen LogP contribution >= 0.6 is 0 Å². The summed E-state index contributed by atoms with van der Waals surface area (Å²) in [7, 11) is 0. The third-order valence-electron chi connectivity index (χ3n) is 2.63. The molecule has 0 aliphatic carbocycles. The van der Waals surface area contributed by atoms with Crippen molar-refractivity contribution in [2.45, 2.75) is 33.3 Å². The van der Waals surface area contributed by atoms with Crippen LogP contribution in [0.1, 0.15) is 43.1 Å². The molecule has 0 heterocycles. The lowest BCUT2D eigenvalue weighted by Crippen LogP contribution is -2.18. The van der Waals surface area contributed by atoms with Gasteiger partial charge in [0.15, 0.2) is 6.10 Å². The van der Waals surface area contributed by atoms with Gasteiger partial charge >= 0.3 is 5.97 Å². The number of benzene rings is 1. The lowest BCUT2D eigenvalue weighted by Gasteiger charge is -2.14. The van der Waals surface area contributed by atoms with Crippen LogP contribution in [0, 0.1) is 29.1 Å². The fourth-order valence-corrected chi connectivity index (χ4v) is 1.65. The normalized spacial score (nSPS) is 11.0. The molecule has 1 rings (SSSR count). The average Bonchev–Trinajstić information content (AvgIpc) is 2.44. The van der Waals surface area contributed by atoms with Crippen LogP contribution in [-0.2, 0) is 4.74 Å². The first kappa shape index (κ1) is 16.5. The first-order chi connectivity index (χ1) is 9.92. The Morgan fingerprint density at radius 2 is 1.95 bits per heavy atom. The molecular formula is C18H19NO2. The van der Waals surface area contributed by atoms with E-state index in [0.717, 1.165) is 5.57 Å². The minimum Gasteiger partial charge on any atom is -0.446 e. The van der Waals surface area contributed by atoms with E-state index in [-0.39, 0.29) is 0 Å². The quantitative estimate of drug-likeness (QED) is 0.624. The molecule has 0 aromatic heterocycles. The van der Waals surface area contributed by atoms with Gasteiger partial charge in [0.1, 0.15) is 0 Å². The molecule has 0 aliphatic heterocycles. The Hall–Kier alpha value is -2.52. The van der Waals surface area contributed by atoms with Gasteiger partial charge in [-0.25, -0.2) is 4.79 Å². The zero-order chi connectivity index (χ0) is 15.8. The van der Waals surface area contributed by atoms with Crippen LogP contribution in [-0.4, -0.2) is 12.1 Å². The zero-order valence-electron chi connectivity index (χ0n) is 12.6. The summed E-state index contributed by atoms with van der Waals surface area (Å²) in [6, 6.07) is 8.36. The predicted octanol–water partition coefficient (Wildman–Crippen LogP) is 3.71. The predicted molar refractivity (Wildman–Crippen MR) is 82.4 cm³/mol. The first-order valence-corrected chi connectivity index (χ1v) is 6.80. The Balaban J connectivity index is 2.82. The topological polar surface area (TPSA) is 50.1 Å². The molecule has 0 radical (unpaired) electrons. The Morgan fingerprint density at radius 1 is 1.33 bits per heavy atom. The van der Waals surface area contributed by atoms with Crippen LogP contribution in [0.3, 0.4) is 0 Å². The highest BCUT2D eigenvalue weighted by atomic mass is 16.5. The molecule has 0 aliphatic rings. The van der Waals surface area contributed by atoms with Crippen molar-refractivity contribution >= 4 is 5.97 Å². The maximum Gasteiger partial charge on any atom is 0.339 e. The number of carbonyl (C=O) groups excluding carboxylic acids is 1. The van der Waals surface area contributed by atoms with Gasteiger partial charge < -0.3 is 4.74 Å². The zero-order valence-corrected chi connectivity index (χ0v) is 12.6. The molecule has 0 saturated heterocycles. The van der Waals surface area contributed by atoms with Crippen LogP contribution < -0.4 is 0 Å². The molecular weight excluding hydrogens is 262 g/mol. The summed E-state index contributed by atoms with van der Waals surface area (Å²) < 4.78 is 5.43. The number of nitrogens with zero attached hydrogens (tertiary/aromatic N) is 1. The van der Waals surface area contributed by atoms with Gasteiger partial charge in [-0.15, -0.1) is 0 Å². The molecule has 1 aromatic rings. The summed E-state index contributed by atoms with van der Waals surface area (Å²) in [6.45, 7) is 9.62. The largest absolute Gasteiger partial charge is 0.446 e. The average molecular weight is 281 g/mol. The Morgan fingerprint density at radius 3 is 2.43 bits per heavy atom. The third kappa shape index (κ3) is 5.97. The number of carbonyl (C=O) groups is 1. The van der Waals surface area contributed by atoms with Gasteiger partial charge in [-0.3, -0.25) is 0 Å². The SMILES string of the molecule is C=C(C)C#CC(CC(C)C)OC(=O)c1ccc(C#N)cc1. The van der Waals surface area contributed by atoms with Crippen LogP contribution in [0.4, 0.5) is 0 Å². The van der Waals surface area contributed by atoms with Crippen molar-refractivity contribution in [3.63, 3.8) is 0 Å². The highest BCUT2D eigenvalue weighted by Gasteiger charge is 2.15. The van der Waals surface area contributed by atoms with E-state index in [2.05, 4.69) is 18.4 Å². The molecule has 21 heavy (non-hydrogen) atoms. The number of allylic oxidation sites excluding steroid dienone is 1. The molecule has 0 N–H and O–H groups in total. The highest BCUT2D eigenvalue weighted by Crippen LogP contribution is 2.12. The molecule has 0 amide bonds. The summed E-state index contributed by atoms with van der Waals surface area (Å²) in [4.78, 5) is 12.1. The minimum absolute atomic E-state index is 0.364. The summed E-state index contributed by atoms with van der Waals surface area (Å²) >= 11 is 0. The van der Waals surface area contributed by atoms with Crippen molar-refractivity contribution in [3.8, 4) is 17.9 Å². The minimum atomic E-state index is -0.454. The van der Waals surface area contributed by atoms with Crippen LogP contribution in [0.5, 0.6) is 0 Å². The van der Waals surface area contributed by atoms with Gasteiger partial charge in [0, 0.05) is 0 Å². The van der Waals surface area contributed by atoms with Crippen molar-refractivity contribution in [1.82, 2.24) is 0 Å². The Labute approximate surface area is 126 Å². The lowest BCUT2D eigenvalue weighted by molar-refractivity contribution is 0.0377. The fraction of sp³-hybridized carbons (Fsp3) is 0.333. The molecule has 0 fully saturated rings. The first-order valence-electron chi connectivity index (χ1n) is 6.80. The van der Waals surface area contributed by atoms with E-state index in [9.17, 15) is 4.79 Å². The van der Waals surface area contributed by atoms with E-state index in [1.807, 2.05) is 26.8 Å². The maximum absolute atomic E-state index is 12.1. The molecule has 1 aromatic carbocycles. The van der Waals surface area contributed by atoms with E-state index >= 15 is 0 Å². The highest BCUT2D eigenvalue weighted by molar-refractivity contribution is 5.89. The molecule has 1 atom stereocenters. The molecule has 0 saturated carbocycles. The van der Waals surface area contributed by atoms with Gasteiger partial charge in [0.25, 0.3) is 0 Å². The number of hydrogen-bond donors (Lipinski definition) is 0. The second kappa shape index (κ2) is 7.92. The van der Waals surface area contributed by atoms with Crippen molar-refractivity contribution in [2.75, 3.05) is 0 Å². The second-order valence-corrected chi connectivity index (χ2v) is 5.26. The number of esters is 1. The molecule has 3 heteroatoms. The van der Waals surface area contributed by atoms with Gasteiger partial charge in [0.05, 0.1) is 17.2 Å². The van der Waals surface area contributed by atoms with E-state index in [1.165, 1.54) is 0 Å². The standard InChI is InChI=1S/C18H19NO2/c1-13(2)5-10-17(11-14(3)4)21-18(20)16-8-6-15(12-19)7-9-16/h6-9,14,17H,1,11H2,2-4H3. The monoisotopic (exact) mass is 281 g/mol.